The first-order chi connectivity index (χ1) is 8.74. The van der Waals surface area contributed by atoms with Crippen LogP contribution in [0, 0.1) is 0 Å². The van der Waals surface area contributed by atoms with E-state index in [9.17, 15) is 0 Å². The maximum atomic E-state index is 5.65. The van der Waals surface area contributed by atoms with E-state index in [1.54, 1.807) is 6.26 Å². The minimum Gasteiger partial charge on any atom is -0.491 e. The highest BCUT2D eigenvalue weighted by Gasteiger charge is 2.00. The molecule has 0 radical (unpaired) electrons. The van der Waals surface area contributed by atoms with Crippen LogP contribution in [-0.2, 0) is 13.1 Å². The van der Waals surface area contributed by atoms with Crippen molar-refractivity contribution >= 4 is 0 Å². The van der Waals surface area contributed by atoms with Gasteiger partial charge in [0, 0.05) is 19.2 Å². The Bertz CT molecular complexity index is 466. The van der Waals surface area contributed by atoms with E-state index in [0.29, 0.717) is 6.54 Å². The van der Waals surface area contributed by atoms with Gasteiger partial charge in [-0.15, -0.1) is 0 Å². The molecule has 1 aromatic carbocycles. The smallest absolute Gasteiger partial charge is 0.124 e. The van der Waals surface area contributed by atoms with Crippen molar-refractivity contribution in [1.29, 1.82) is 0 Å². The fraction of sp³-hybridized carbons (Fsp3) is 0.357. The molecule has 18 heavy (non-hydrogen) atoms. The molecule has 0 atom stereocenters. The molecular formula is C14H18N2O2. The first-order valence-corrected chi connectivity index (χ1v) is 6.09. The minimum absolute atomic E-state index is 0.198. The summed E-state index contributed by atoms with van der Waals surface area (Å²) in [5, 5.41) is 7.15. The Hall–Kier alpha value is -1.81. The molecule has 0 saturated carbocycles. The molecule has 0 amide bonds. The summed E-state index contributed by atoms with van der Waals surface area (Å²) in [5.41, 5.74) is 2.10. The Kier molecular flexibility index (Phi) is 4.36. The van der Waals surface area contributed by atoms with Gasteiger partial charge in [0.25, 0.3) is 0 Å². The number of rotatable bonds is 6. The van der Waals surface area contributed by atoms with Gasteiger partial charge in [-0.25, -0.2) is 0 Å². The summed E-state index contributed by atoms with van der Waals surface area (Å²) in [6.07, 6.45) is 1.78. The SMILES string of the molecule is CC(C)Oc1cccc(CNCc2ccon2)c1. The lowest BCUT2D eigenvalue weighted by Gasteiger charge is -2.11. The number of aromatic nitrogens is 1. The predicted octanol–water partition coefficient (Wildman–Crippen LogP) is 2.75. The molecule has 0 unspecified atom stereocenters. The first kappa shape index (κ1) is 12.6. The Labute approximate surface area is 107 Å². The molecule has 0 bridgehead atoms. The molecule has 1 N–H and O–H groups in total. The minimum atomic E-state index is 0.198. The summed E-state index contributed by atoms with van der Waals surface area (Å²) in [6.45, 7) is 5.53. The number of hydrogen-bond acceptors (Lipinski definition) is 4. The van der Waals surface area contributed by atoms with Crippen LogP contribution in [-0.4, -0.2) is 11.3 Å². The molecule has 1 aromatic heterocycles. The lowest BCUT2D eigenvalue weighted by molar-refractivity contribution is 0.242. The fourth-order valence-corrected chi connectivity index (χ4v) is 1.66. The zero-order chi connectivity index (χ0) is 12.8. The van der Waals surface area contributed by atoms with E-state index >= 15 is 0 Å². The van der Waals surface area contributed by atoms with Crippen LogP contribution in [0.25, 0.3) is 0 Å². The zero-order valence-corrected chi connectivity index (χ0v) is 10.7. The van der Waals surface area contributed by atoms with Crippen LogP contribution < -0.4 is 10.1 Å². The fourth-order valence-electron chi connectivity index (χ4n) is 1.66. The van der Waals surface area contributed by atoms with Gasteiger partial charge < -0.3 is 14.6 Å². The van der Waals surface area contributed by atoms with Crippen LogP contribution in [0.3, 0.4) is 0 Å². The third kappa shape index (κ3) is 3.89. The molecule has 2 rings (SSSR count). The highest BCUT2D eigenvalue weighted by Crippen LogP contribution is 2.14. The number of hydrogen-bond donors (Lipinski definition) is 1. The number of nitrogens with one attached hydrogen (secondary N) is 1. The van der Waals surface area contributed by atoms with Crippen LogP contribution >= 0.6 is 0 Å². The Balaban J connectivity index is 1.85. The van der Waals surface area contributed by atoms with Crippen LogP contribution in [0.2, 0.25) is 0 Å². The second kappa shape index (κ2) is 6.21. The molecule has 0 aliphatic carbocycles. The Morgan fingerprint density at radius 1 is 1.28 bits per heavy atom. The maximum Gasteiger partial charge on any atom is 0.124 e. The van der Waals surface area contributed by atoms with Crippen molar-refractivity contribution in [2.75, 3.05) is 0 Å². The Morgan fingerprint density at radius 2 is 2.17 bits per heavy atom. The van der Waals surface area contributed by atoms with E-state index in [0.717, 1.165) is 18.0 Å². The molecule has 0 aliphatic rings. The number of ether oxygens (including phenoxy) is 1. The topological polar surface area (TPSA) is 47.3 Å². The van der Waals surface area contributed by atoms with E-state index in [4.69, 9.17) is 9.26 Å². The van der Waals surface area contributed by atoms with Crippen molar-refractivity contribution in [1.82, 2.24) is 10.5 Å². The van der Waals surface area contributed by atoms with Crippen LogP contribution in [0.5, 0.6) is 5.75 Å². The molecule has 0 aliphatic heterocycles. The van der Waals surface area contributed by atoms with E-state index in [-0.39, 0.29) is 6.10 Å². The molecule has 0 saturated heterocycles. The van der Waals surface area contributed by atoms with E-state index in [1.807, 2.05) is 32.0 Å². The van der Waals surface area contributed by atoms with E-state index in [1.165, 1.54) is 5.56 Å². The van der Waals surface area contributed by atoms with Gasteiger partial charge in [-0.1, -0.05) is 17.3 Å². The molecule has 0 spiro atoms. The number of nitrogens with zero attached hydrogens (tertiary/aromatic N) is 1. The monoisotopic (exact) mass is 246 g/mol. The summed E-state index contributed by atoms with van der Waals surface area (Å²) in [7, 11) is 0. The standard InChI is InChI=1S/C14H18N2O2/c1-11(2)18-14-5-3-4-12(8-14)9-15-10-13-6-7-17-16-13/h3-8,11,15H,9-10H2,1-2H3. The van der Waals surface area contributed by atoms with Gasteiger partial charge in [-0.2, -0.15) is 0 Å². The van der Waals surface area contributed by atoms with Crippen molar-refractivity contribution in [3.8, 4) is 5.75 Å². The summed E-state index contributed by atoms with van der Waals surface area (Å²) in [6, 6.07) is 9.95. The summed E-state index contributed by atoms with van der Waals surface area (Å²) in [5.74, 6) is 0.908. The zero-order valence-electron chi connectivity index (χ0n) is 10.7. The van der Waals surface area contributed by atoms with Crippen molar-refractivity contribution in [2.45, 2.75) is 33.0 Å². The largest absolute Gasteiger partial charge is 0.491 e. The molecule has 4 nitrogen and oxygen atoms in total. The summed E-state index contributed by atoms with van der Waals surface area (Å²) >= 11 is 0. The Morgan fingerprint density at radius 3 is 2.89 bits per heavy atom. The maximum absolute atomic E-state index is 5.65. The second-order valence-electron chi connectivity index (χ2n) is 4.41. The van der Waals surface area contributed by atoms with Crippen molar-refractivity contribution in [2.24, 2.45) is 0 Å². The van der Waals surface area contributed by atoms with Gasteiger partial charge in [0.05, 0.1) is 11.8 Å². The molecular weight excluding hydrogens is 228 g/mol. The van der Waals surface area contributed by atoms with Gasteiger partial charge in [-0.3, -0.25) is 0 Å². The molecule has 1 heterocycles. The van der Waals surface area contributed by atoms with Gasteiger partial charge in [0.2, 0.25) is 0 Å². The van der Waals surface area contributed by atoms with Crippen LogP contribution in [0.15, 0.2) is 41.1 Å². The van der Waals surface area contributed by atoms with Gasteiger partial charge in [0.15, 0.2) is 0 Å². The average molecular weight is 246 g/mol. The second-order valence-corrected chi connectivity index (χ2v) is 4.41. The molecule has 4 heteroatoms. The van der Waals surface area contributed by atoms with Crippen molar-refractivity contribution in [3.05, 3.63) is 47.9 Å². The van der Waals surface area contributed by atoms with Gasteiger partial charge >= 0.3 is 0 Å². The highest BCUT2D eigenvalue weighted by atomic mass is 16.5. The van der Waals surface area contributed by atoms with Crippen molar-refractivity contribution < 1.29 is 9.26 Å². The van der Waals surface area contributed by atoms with Crippen molar-refractivity contribution in [3.63, 3.8) is 0 Å². The third-order valence-electron chi connectivity index (χ3n) is 2.40. The lowest BCUT2D eigenvalue weighted by atomic mass is 10.2. The molecule has 0 fully saturated rings. The van der Waals surface area contributed by atoms with Gasteiger partial charge in [0.1, 0.15) is 12.0 Å². The lowest BCUT2D eigenvalue weighted by Crippen LogP contribution is -2.13. The normalized spacial score (nSPS) is 10.8. The average Bonchev–Trinajstić information content (AvgIpc) is 2.82. The molecule has 96 valence electrons. The summed E-state index contributed by atoms with van der Waals surface area (Å²) < 4.78 is 10.4. The van der Waals surface area contributed by atoms with Gasteiger partial charge in [-0.05, 0) is 31.5 Å². The third-order valence-corrected chi connectivity index (χ3v) is 2.40. The van der Waals surface area contributed by atoms with E-state index in [2.05, 4.69) is 22.6 Å². The first-order valence-electron chi connectivity index (χ1n) is 6.09. The van der Waals surface area contributed by atoms with E-state index < -0.39 is 0 Å². The number of benzene rings is 1. The van der Waals surface area contributed by atoms with Crippen LogP contribution in [0.4, 0.5) is 0 Å². The predicted molar refractivity (Wildman–Crippen MR) is 69.3 cm³/mol. The quantitative estimate of drug-likeness (QED) is 0.851. The van der Waals surface area contributed by atoms with Crippen LogP contribution in [0.1, 0.15) is 25.1 Å². The molecule has 2 aromatic rings. The highest BCUT2D eigenvalue weighted by molar-refractivity contribution is 5.28. The summed E-state index contributed by atoms with van der Waals surface area (Å²) in [4.78, 5) is 0.